The largest absolute Gasteiger partial charge is 0.496 e. The molecule has 194 valence electrons. The molecule has 7 nitrogen and oxygen atoms in total. The second kappa shape index (κ2) is 11.5. The lowest BCUT2D eigenvalue weighted by atomic mass is 9.69. The molecule has 0 radical (unpaired) electrons. The van der Waals surface area contributed by atoms with Gasteiger partial charge in [0.05, 0.1) is 24.0 Å². The van der Waals surface area contributed by atoms with E-state index >= 15 is 0 Å². The van der Waals surface area contributed by atoms with E-state index in [1.165, 1.54) is 16.6 Å². The van der Waals surface area contributed by atoms with Crippen LogP contribution in [0.3, 0.4) is 0 Å². The number of amides is 1. The van der Waals surface area contributed by atoms with Gasteiger partial charge in [0.25, 0.3) is 0 Å². The zero-order valence-corrected chi connectivity index (χ0v) is 23.5. The standard InChI is InChI=1S/C28H33N5O2S2/c1-6-14-33-25(20-10-8-9-11-22(20)35-5)31-32-27(33)36-17-24(34)30-26-21(16-29)19-13-12-18(15-23(19)37-26)28(3,4)7-2/h6,8-11,18H,1,7,12-15,17H2,2-5H3,(H,30,34). The molecule has 2 aromatic heterocycles. The number of para-hydroxylation sites is 1. The first-order valence-electron chi connectivity index (χ1n) is 12.5. The number of hydrogen-bond donors (Lipinski definition) is 1. The number of rotatable bonds is 10. The fourth-order valence-electron chi connectivity index (χ4n) is 4.76. The Labute approximate surface area is 226 Å². The Hall–Kier alpha value is -3.09. The van der Waals surface area contributed by atoms with Crippen LogP contribution in [-0.2, 0) is 24.2 Å². The molecular weight excluding hydrogens is 502 g/mol. The maximum absolute atomic E-state index is 13.0. The van der Waals surface area contributed by atoms with Crippen LogP contribution in [0.4, 0.5) is 5.00 Å². The van der Waals surface area contributed by atoms with Gasteiger partial charge in [0, 0.05) is 11.4 Å². The molecule has 0 fully saturated rings. The van der Waals surface area contributed by atoms with Gasteiger partial charge in [-0.25, -0.2) is 0 Å². The van der Waals surface area contributed by atoms with E-state index < -0.39 is 0 Å². The molecule has 4 rings (SSSR count). The van der Waals surface area contributed by atoms with Gasteiger partial charge in [-0.05, 0) is 48.3 Å². The van der Waals surface area contributed by atoms with Crippen molar-refractivity contribution in [3.8, 4) is 23.2 Å². The summed E-state index contributed by atoms with van der Waals surface area (Å²) in [6, 6.07) is 9.98. The number of nitrogens with zero attached hydrogens (tertiary/aromatic N) is 4. The van der Waals surface area contributed by atoms with Crippen molar-refractivity contribution < 1.29 is 9.53 Å². The van der Waals surface area contributed by atoms with E-state index in [4.69, 9.17) is 4.74 Å². The van der Waals surface area contributed by atoms with Gasteiger partial charge >= 0.3 is 0 Å². The number of ether oxygens (including phenoxy) is 1. The summed E-state index contributed by atoms with van der Waals surface area (Å²) in [6.07, 6.45) is 5.84. The SMILES string of the molecule is C=CCn1c(SCC(=O)Nc2sc3c(c2C#N)CCC(C(C)(C)CC)C3)nnc1-c1ccccc1OC. The molecule has 0 spiro atoms. The minimum absolute atomic E-state index is 0.153. The molecular formula is C28H33N5O2S2. The highest BCUT2D eigenvalue weighted by Gasteiger charge is 2.34. The Morgan fingerprint density at radius 2 is 2.19 bits per heavy atom. The summed E-state index contributed by atoms with van der Waals surface area (Å²) in [7, 11) is 1.62. The van der Waals surface area contributed by atoms with Gasteiger partial charge in [-0.2, -0.15) is 5.26 Å². The third-order valence-electron chi connectivity index (χ3n) is 7.36. The number of fused-ring (bicyclic) bond motifs is 1. The van der Waals surface area contributed by atoms with Gasteiger partial charge in [0.15, 0.2) is 11.0 Å². The van der Waals surface area contributed by atoms with Crippen molar-refractivity contribution in [3.63, 3.8) is 0 Å². The van der Waals surface area contributed by atoms with Crippen molar-refractivity contribution in [3.05, 3.63) is 52.9 Å². The normalized spacial score (nSPS) is 15.1. The second-order valence-electron chi connectivity index (χ2n) is 9.84. The molecule has 1 aliphatic rings. The number of anilines is 1. The number of nitrogens with one attached hydrogen (secondary N) is 1. The minimum Gasteiger partial charge on any atom is -0.496 e. The quantitative estimate of drug-likeness (QED) is 0.240. The summed E-state index contributed by atoms with van der Waals surface area (Å²) in [6.45, 7) is 11.2. The first kappa shape index (κ1) is 27.0. The van der Waals surface area contributed by atoms with Gasteiger partial charge in [0.2, 0.25) is 5.91 Å². The Morgan fingerprint density at radius 1 is 1.41 bits per heavy atom. The second-order valence-corrected chi connectivity index (χ2v) is 11.9. The number of benzene rings is 1. The average molecular weight is 536 g/mol. The van der Waals surface area contributed by atoms with Crippen LogP contribution in [0.25, 0.3) is 11.4 Å². The van der Waals surface area contributed by atoms with Crippen LogP contribution in [0.1, 0.15) is 49.6 Å². The van der Waals surface area contributed by atoms with Crippen molar-refractivity contribution in [2.45, 2.75) is 58.2 Å². The zero-order valence-electron chi connectivity index (χ0n) is 21.8. The highest BCUT2D eigenvalue weighted by Crippen LogP contribution is 2.45. The van der Waals surface area contributed by atoms with E-state index in [2.05, 4.69) is 48.9 Å². The molecule has 0 bridgehead atoms. The van der Waals surface area contributed by atoms with Gasteiger partial charge in [-0.15, -0.1) is 28.1 Å². The van der Waals surface area contributed by atoms with Crippen LogP contribution in [0, 0.1) is 22.7 Å². The molecule has 2 heterocycles. The number of carbonyl (C=O) groups is 1. The summed E-state index contributed by atoms with van der Waals surface area (Å²) < 4.78 is 7.41. The molecule has 1 unspecified atom stereocenters. The van der Waals surface area contributed by atoms with Gasteiger partial charge in [0.1, 0.15) is 16.8 Å². The minimum atomic E-state index is -0.169. The van der Waals surface area contributed by atoms with Crippen molar-refractivity contribution in [2.75, 3.05) is 18.2 Å². The van der Waals surface area contributed by atoms with Crippen molar-refractivity contribution in [2.24, 2.45) is 11.3 Å². The molecule has 1 N–H and O–H groups in total. The Kier molecular flexibility index (Phi) is 8.40. The van der Waals surface area contributed by atoms with Crippen LogP contribution in [-0.4, -0.2) is 33.5 Å². The molecule has 1 aromatic carbocycles. The fourth-order valence-corrected chi connectivity index (χ4v) is 6.80. The maximum atomic E-state index is 13.0. The molecule has 0 saturated carbocycles. The smallest absolute Gasteiger partial charge is 0.235 e. The molecule has 9 heteroatoms. The number of allylic oxidation sites excluding steroid dienone is 1. The van der Waals surface area contributed by atoms with Gasteiger partial charge < -0.3 is 10.1 Å². The van der Waals surface area contributed by atoms with E-state index in [1.54, 1.807) is 24.5 Å². The summed E-state index contributed by atoms with van der Waals surface area (Å²) in [4.78, 5) is 14.2. The molecule has 37 heavy (non-hydrogen) atoms. The fraction of sp³-hybridized carbons (Fsp3) is 0.429. The van der Waals surface area contributed by atoms with Crippen molar-refractivity contribution in [1.29, 1.82) is 5.26 Å². The van der Waals surface area contributed by atoms with Crippen molar-refractivity contribution in [1.82, 2.24) is 14.8 Å². The van der Waals surface area contributed by atoms with E-state index in [0.717, 1.165) is 36.8 Å². The highest BCUT2D eigenvalue weighted by molar-refractivity contribution is 7.99. The lowest BCUT2D eigenvalue weighted by Gasteiger charge is -2.36. The van der Waals surface area contributed by atoms with Gasteiger partial charge in [-0.3, -0.25) is 9.36 Å². The number of carbonyl (C=O) groups excluding carboxylic acids is 1. The summed E-state index contributed by atoms with van der Waals surface area (Å²) in [5.74, 6) is 1.92. The number of methoxy groups -OCH3 is 1. The number of thioether (sulfide) groups is 1. The summed E-state index contributed by atoms with van der Waals surface area (Å²) >= 11 is 2.87. The molecule has 1 amide bonds. The molecule has 0 aliphatic heterocycles. The Morgan fingerprint density at radius 3 is 2.89 bits per heavy atom. The van der Waals surface area contributed by atoms with Crippen LogP contribution in [0.2, 0.25) is 0 Å². The Bertz CT molecular complexity index is 1330. The first-order chi connectivity index (χ1) is 17.8. The van der Waals surface area contributed by atoms with Crippen LogP contribution >= 0.6 is 23.1 Å². The topological polar surface area (TPSA) is 92.8 Å². The predicted molar refractivity (Wildman–Crippen MR) is 150 cm³/mol. The number of thiophene rings is 1. The summed E-state index contributed by atoms with van der Waals surface area (Å²) in [5.41, 5.74) is 2.83. The molecule has 1 aliphatic carbocycles. The summed E-state index contributed by atoms with van der Waals surface area (Å²) in [5, 5.41) is 22.9. The van der Waals surface area contributed by atoms with Crippen LogP contribution in [0.5, 0.6) is 5.75 Å². The van der Waals surface area contributed by atoms with E-state index in [9.17, 15) is 10.1 Å². The third-order valence-corrected chi connectivity index (χ3v) is 9.49. The van der Waals surface area contributed by atoms with Crippen molar-refractivity contribution >= 4 is 34.0 Å². The highest BCUT2D eigenvalue weighted by atomic mass is 32.2. The van der Waals surface area contributed by atoms with E-state index in [-0.39, 0.29) is 17.1 Å². The maximum Gasteiger partial charge on any atom is 0.235 e. The van der Waals surface area contributed by atoms with Gasteiger partial charge in [-0.1, -0.05) is 57.2 Å². The number of hydrogen-bond acceptors (Lipinski definition) is 7. The number of nitriles is 1. The van der Waals surface area contributed by atoms with Crippen LogP contribution < -0.4 is 10.1 Å². The lowest BCUT2D eigenvalue weighted by Crippen LogP contribution is -2.28. The van der Waals surface area contributed by atoms with E-state index in [1.807, 2.05) is 28.8 Å². The molecule has 1 atom stereocenters. The van der Waals surface area contributed by atoms with E-state index in [0.29, 0.717) is 39.8 Å². The molecule has 3 aromatic rings. The zero-order chi connectivity index (χ0) is 26.6. The Balaban J connectivity index is 1.48. The first-order valence-corrected chi connectivity index (χ1v) is 14.3. The number of aromatic nitrogens is 3. The monoisotopic (exact) mass is 535 g/mol. The lowest BCUT2D eigenvalue weighted by molar-refractivity contribution is -0.113. The predicted octanol–water partition coefficient (Wildman–Crippen LogP) is 6.34. The third kappa shape index (κ3) is 5.60. The molecule has 0 saturated heterocycles. The average Bonchev–Trinajstić information content (AvgIpc) is 3.47. The van der Waals surface area contributed by atoms with Crippen LogP contribution in [0.15, 0.2) is 42.1 Å².